The van der Waals surface area contributed by atoms with Gasteiger partial charge in [-0.1, -0.05) is 0 Å². The molecule has 19 heavy (non-hydrogen) atoms. The first kappa shape index (κ1) is 15.4. The summed E-state index contributed by atoms with van der Waals surface area (Å²) in [5.41, 5.74) is -0.479. The van der Waals surface area contributed by atoms with Crippen molar-refractivity contribution in [3.63, 3.8) is 0 Å². The standard InChI is InChI=1S/C13H25O5Si/c1-3-17-19(18-4-2)13(14)7-10(5-11-8-15-11)6-12-9-16-12/h10-14H,3-9H2,1-2H3. The Labute approximate surface area is 117 Å². The van der Waals surface area contributed by atoms with Crippen LogP contribution in [0.4, 0.5) is 0 Å². The van der Waals surface area contributed by atoms with Crippen LogP contribution in [0.15, 0.2) is 0 Å². The van der Waals surface area contributed by atoms with E-state index in [1.165, 1.54) is 0 Å². The molecule has 0 aliphatic carbocycles. The van der Waals surface area contributed by atoms with Crippen LogP contribution in [-0.2, 0) is 18.3 Å². The first-order chi connectivity index (χ1) is 9.22. The third kappa shape index (κ3) is 5.89. The minimum atomic E-state index is -1.57. The van der Waals surface area contributed by atoms with Gasteiger partial charge in [0.1, 0.15) is 0 Å². The highest BCUT2D eigenvalue weighted by Gasteiger charge is 2.36. The van der Waals surface area contributed by atoms with Crippen LogP contribution in [0, 0.1) is 5.92 Å². The van der Waals surface area contributed by atoms with Crippen molar-refractivity contribution < 1.29 is 23.4 Å². The monoisotopic (exact) mass is 289 g/mol. The van der Waals surface area contributed by atoms with Crippen molar-refractivity contribution in [2.24, 2.45) is 5.92 Å². The molecule has 1 N–H and O–H groups in total. The molecule has 2 aliphatic heterocycles. The zero-order chi connectivity index (χ0) is 13.7. The van der Waals surface area contributed by atoms with E-state index >= 15 is 0 Å². The molecule has 3 atom stereocenters. The van der Waals surface area contributed by atoms with Gasteiger partial charge in [-0.2, -0.15) is 0 Å². The van der Waals surface area contributed by atoms with Crippen LogP contribution < -0.4 is 0 Å². The molecule has 2 heterocycles. The van der Waals surface area contributed by atoms with Crippen LogP contribution in [0.1, 0.15) is 33.1 Å². The molecule has 2 aliphatic rings. The molecule has 5 nitrogen and oxygen atoms in total. The average molecular weight is 289 g/mol. The van der Waals surface area contributed by atoms with Gasteiger partial charge in [0.05, 0.1) is 31.1 Å². The molecule has 111 valence electrons. The Morgan fingerprint density at radius 1 is 1.11 bits per heavy atom. The van der Waals surface area contributed by atoms with Crippen LogP contribution in [0.5, 0.6) is 0 Å². The Morgan fingerprint density at radius 3 is 1.95 bits per heavy atom. The minimum Gasteiger partial charge on any atom is -0.392 e. The fourth-order valence-corrected chi connectivity index (χ4v) is 3.93. The van der Waals surface area contributed by atoms with E-state index in [-0.39, 0.29) is 0 Å². The van der Waals surface area contributed by atoms with Gasteiger partial charge in [0.15, 0.2) is 0 Å². The average Bonchev–Trinajstić information content (AvgIpc) is 3.25. The van der Waals surface area contributed by atoms with E-state index in [1.807, 2.05) is 13.8 Å². The third-order valence-corrected chi connectivity index (χ3v) is 5.33. The Morgan fingerprint density at radius 2 is 1.58 bits per heavy atom. The van der Waals surface area contributed by atoms with Crippen molar-refractivity contribution in [1.29, 1.82) is 0 Å². The first-order valence-electron chi connectivity index (χ1n) is 7.26. The van der Waals surface area contributed by atoms with E-state index < -0.39 is 15.0 Å². The smallest absolute Gasteiger partial charge is 0.392 e. The summed E-state index contributed by atoms with van der Waals surface area (Å²) in [6, 6.07) is 0. The van der Waals surface area contributed by atoms with Gasteiger partial charge in [-0.15, -0.1) is 0 Å². The van der Waals surface area contributed by atoms with Crippen molar-refractivity contribution in [2.75, 3.05) is 26.4 Å². The summed E-state index contributed by atoms with van der Waals surface area (Å²) in [5.74, 6) is 0.441. The van der Waals surface area contributed by atoms with Gasteiger partial charge in [-0.05, 0) is 39.0 Å². The van der Waals surface area contributed by atoms with Crippen LogP contribution in [-0.4, -0.2) is 58.8 Å². The summed E-state index contributed by atoms with van der Waals surface area (Å²) >= 11 is 0. The molecule has 6 heteroatoms. The second-order valence-corrected chi connectivity index (χ2v) is 7.07. The second-order valence-electron chi connectivity index (χ2n) is 5.18. The molecule has 2 rings (SSSR count). The molecule has 0 amide bonds. The summed E-state index contributed by atoms with van der Waals surface area (Å²) in [6.45, 7) is 6.79. The predicted molar refractivity (Wildman–Crippen MR) is 71.8 cm³/mol. The van der Waals surface area contributed by atoms with Crippen LogP contribution in [0.2, 0.25) is 0 Å². The summed E-state index contributed by atoms with van der Waals surface area (Å²) < 4.78 is 21.7. The molecule has 2 saturated heterocycles. The Kier molecular flexibility index (Phi) is 6.25. The maximum absolute atomic E-state index is 10.3. The number of ether oxygens (including phenoxy) is 2. The molecule has 0 aromatic carbocycles. The summed E-state index contributed by atoms with van der Waals surface area (Å²) in [7, 11) is -1.57. The maximum Gasteiger partial charge on any atom is 0.416 e. The van der Waals surface area contributed by atoms with Crippen LogP contribution >= 0.6 is 0 Å². The number of aliphatic hydroxyl groups excluding tert-OH is 1. The van der Waals surface area contributed by atoms with Gasteiger partial charge < -0.3 is 23.4 Å². The first-order valence-corrected chi connectivity index (χ1v) is 8.66. The zero-order valence-corrected chi connectivity index (χ0v) is 12.8. The fourth-order valence-electron chi connectivity index (χ4n) is 2.37. The lowest BCUT2D eigenvalue weighted by Gasteiger charge is -2.23. The number of epoxide rings is 2. The zero-order valence-electron chi connectivity index (χ0n) is 11.8. The Balaban J connectivity index is 1.78. The van der Waals surface area contributed by atoms with Crippen molar-refractivity contribution in [3.05, 3.63) is 0 Å². The highest BCUT2D eigenvalue weighted by Crippen LogP contribution is 2.30. The molecule has 0 saturated carbocycles. The molecule has 0 bridgehead atoms. The van der Waals surface area contributed by atoms with Crippen molar-refractivity contribution in [2.45, 2.75) is 51.0 Å². The van der Waals surface area contributed by atoms with Crippen molar-refractivity contribution >= 4 is 9.28 Å². The lowest BCUT2D eigenvalue weighted by atomic mass is 9.94. The number of aliphatic hydroxyl groups is 1. The van der Waals surface area contributed by atoms with Gasteiger partial charge >= 0.3 is 9.28 Å². The second kappa shape index (κ2) is 7.71. The van der Waals surface area contributed by atoms with Crippen molar-refractivity contribution in [3.8, 4) is 0 Å². The molecule has 1 radical (unpaired) electrons. The fraction of sp³-hybridized carbons (Fsp3) is 1.00. The molecule has 3 unspecified atom stereocenters. The molecule has 0 aromatic heterocycles. The van der Waals surface area contributed by atoms with E-state index in [0.29, 0.717) is 31.3 Å². The van der Waals surface area contributed by atoms with Crippen molar-refractivity contribution in [1.82, 2.24) is 0 Å². The summed E-state index contributed by atoms with van der Waals surface area (Å²) in [5, 5.41) is 10.3. The number of hydrogen-bond donors (Lipinski definition) is 1. The van der Waals surface area contributed by atoms with Gasteiger partial charge in [0.25, 0.3) is 0 Å². The Bertz CT molecular complexity index is 237. The van der Waals surface area contributed by atoms with E-state index in [9.17, 15) is 5.11 Å². The molecular formula is C13H25O5Si. The minimum absolute atomic E-state index is 0.394. The van der Waals surface area contributed by atoms with Gasteiger partial charge in [0, 0.05) is 13.2 Å². The van der Waals surface area contributed by atoms with E-state index in [1.54, 1.807) is 0 Å². The SMILES string of the molecule is CCO[Si](OCC)C(O)CC(CC1CO1)CC1CO1. The number of rotatable bonds is 11. The third-order valence-electron chi connectivity index (χ3n) is 3.40. The normalized spacial score (nSPS) is 28.4. The van der Waals surface area contributed by atoms with E-state index in [0.717, 1.165) is 32.5 Å². The molecule has 2 fully saturated rings. The van der Waals surface area contributed by atoms with Crippen LogP contribution in [0.3, 0.4) is 0 Å². The summed E-state index contributed by atoms with van der Waals surface area (Å²) in [6.07, 6.45) is 3.56. The van der Waals surface area contributed by atoms with Gasteiger partial charge in [-0.25, -0.2) is 0 Å². The van der Waals surface area contributed by atoms with Gasteiger partial charge in [-0.3, -0.25) is 0 Å². The van der Waals surface area contributed by atoms with Gasteiger partial charge in [0.2, 0.25) is 0 Å². The quantitative estimate of drug-likeness (QED) is 0.455. The van der Waals surface area contributed by atoms with E-state index in [4.69, 9.17) is 18.3 Å². The van der Waals surface area contributed by atoms with E-state index in [2.05, 4.69) is 0 Å². The van der Waals surface area contributed by atoms with Crippen LogP contribution in [0.25, 0.3) is 0 Å². The molecule has 0 aromatic rings. The molecule has 0 spiro atoms. The topological polar surface area (TPSA) is 63.8 Å². The highest BCUT2D eigenvalue weighted by molar-refractivity contribution is 6.45. The summed E-state index contributed by atoms with van der Waals surface area (Å²) in [4.78, 5) is 0. The Hall–Kier alpha value is 0.0169. The lowest BCUT2D eigenvalue weighted by molar-refractivity contribution is 0.115. The largest absolute Gasteiger partial charge is 0.416 e. The molecular weight excluding hydrogens is 264 g/mol. The lowest BCUT2D eigenvalue weighted by Crippen LogP contribution is -2.39. The highest BCUT2D eigenvalue weighted by atomic mass is 28.3. The maximum atomic E-state index is 10.3. The predicted octanol–water partition coefficient (Wildman–Crippen LogP) is 1.03. The number of hydrogen-bond acceptors (Lipinski definition) is 5.